The van der Waals surface area contributed by atoms with Crippen molar-refractivity contribution in [3.8, 4) is 0 Å². The second-order valence-electron chi connectivity index (χ2n) is 9.14. The van der Waals surface area contributed by atoms with E-state index in [1.54, 1.807) is 0 Å². The molecule has 136 valence electrons. The summed E-state index contributed by atoms with van der Waals surface area (Å²) >= 11 is 0. The summed E-state index contributed by atoms with van der Waals surface area (Å²) in [4.78, 5) is 12.1. The highest BCUT2D eigenvalue weighted by Gasteiger charge is 2.42. The van der Waals surface area contributed by atoms with Crippen molar-refractivity contribution in [2.45, 2.75) is 103 Å². The minimum Gasteiger partial charge on any atom is -0.444 e. The van der Waals surface area contributed by atoms with Crippen molar-refractivity contribution in [1.29, 1.82) is 0 Å². The van der Waals surface area contributed by atoms with Crippen LogP contribution in [0.2, 0.25) is 18.1 Å². The summed E-state index contributed by atoms with van der Waals surface area (Å²) < 4.78 is 11.8. The Morgan fingerprint density at radius 1 is 1.13 bits per heavy atom. The molecule has 1 aliphatic carbocycles. The van der Waals surface area contributed by atoms with E-state index in [1.165, 1.54) is 0 Å². The fourth-order valence-electron chi connectivity index (χ4n) is 2.42. The molecule has 1 aliphatic rings. The second kappa shape index (κ2) is 7.11. The van der Waals surface area contributed by atoms with Crippen molar-refractivity contribution >= 4 is 14.4 Å². The summed E-state index contributed by atoms with van der Waals surface area (Å²) in [6, 6.07) is -0.109. The van der Waals surface area contributed by atoms with Crippen LogP contribution in [0.1, 0.15) is 60.8 Å². The summed E-state index contributed by atoms with van der Waals surface area (Å²) in [5.41, 5.74) is -0.520. The molecular formula is C17H35NO4Si. The van der Waals surface area contributed by atoms with E-state index in [1.807, 2.05) is 20.8 Å². The van der Waals surface area contributed by atoms with E-state index in [9.17, 15) is 9.90 Å². The molecule has 23 heavy (non-hydrogen) atoms. The van der Waals surface area contributed by atoms with Crippen molar-refractivity contribution in [3.63, 3.8) is 0 Å². The summed E-state index contributed by atoms with van der Waals surface area (Å²) in [7, 11) is -1.96. The zero-order valence-corrected chi connectivity index (χ0v) is 17.0. The molecule has 0 saturated heterocycles. The van der Waals surface area contributed by atoms with Crippen LogP contribution >= 0.6 is 0 Å². The van der Waals surface area contributed by atoms with Gasteiger partial charge in [-0.1, -0.05) is 20.8 Å². The van der Waals surface area contributed by atoms with E-state index >= 15 is 0 Å². The lowest BCUT2D eigenvalue weighted by Crippen LogP contribution is -2.55. The van der Waals surface area contributed by atoms with Gasteiger partial charge in [0, 0.05) is 6.42 Å². The molecule has 0 aromatic rings. The van der Waals surface area contributed by atoms with Crippen LogP contribution < -0.4 is 5.32 Å². The van der Waals surface area contributed by atoms with Crippen molar-refractivity contribution in [2.24, 2.45) is 0 Å². The van der Waals surface area contributed by atoms with Gasteiger partial charge in [-0.2, -0.15) is 0 Å². The average molecular weight is 346 g/mol. The van der Waals surface area contributed by atoms with E-state index in [-0.39, 0.29) is 23.3 Å². The summed E-state index contributed by atoms with van der Waals surface area (Å²) in [5, 5.41) is 13.0. The third kappa shape index (κ3) is 6.43. The van der Waals surface area contributed by atoms with Crippen LogP contribution in [0.5, 0.6) is 0 Å². The minimum atomic E-state index is -1.96. The quantitative estimate of drug-likeness (QED) is 0.763. The zero-order valence-electron chi connectivity index (χ0n) is 16.0. The van der Waals surface area contributed by atoms with Crippen LogP contribution in [-0.4, -0.2) is 43.4 Å². The number of amides is 1. The first-order valence-electron chi connectivity index (χ1n) is 8.57. The van der Waals surface area contributed by atoms with Crippen molar-refractivity contribution < 1.29 is 19.1 Å². The predicted octanol–water partition coefficient (Wildman–Crippen LogP) is 3.81. The van der Waals surface area contributed by atoms with Crippen LogP contribution in [0.4, 0.5) is 4.79 Å². The Morgan fingerprint density at radius 3 is 2.17 bits per heavy atom. The van der Waals surface area contributed by atoms with Crippen LogP contribution in [0.15, 0.2) is 0 Å². The molecule has 0 aromatic carbocycles. The fraction of sp³-hybridized carbons (Fsp3) is 0.941. The number of rotatable bonds is 3. The number of aliphatic hydroxyl groups excluding tert-OH is 1. The predicted molar refractivity (Wildman–Crippen MR) is 95.1 cm³/mol. The molecule has 1 fully saturated rings. The third-order valence-corrected chi connectivity index (χ3v) is 9.22. The van der Waals surface area contributed by atoms with Crippen LogP contribution in [-0.2, 0) is 9.16 Å². The van der Waals surface area contributed by atoms with E-state index < -0.39 is 20.0 Å². The van der Waals surface area contributed by atoms with Crippen LogP contribution in [0.25, 0.3) is 0 Å². The molecule has 0 heterocycles. The Kier molecular flexibility index (Phi) is 6.32. The van der Waals surface area contributed by atoms with Gasteiger partial charge in [0.25, 0.3) is 0 Å². The molecule has 0 spiro atoms. The Balaban J connectivity index is 2.78. The van der Waals surface area contributed by atoms with Gasteiger partial charge >= 0.3 is 6.09 Å². The van der Waals surface area contributed by atoms with E-state index in [0.29, 0.717) is 19.3 Å². The Morgan fingerprint density at radius 2 is 1.70 bits per heavy atom. The van der Waals surface area contributed by atoms with Gasteiger partial charge in [-0.05, 0) is 51.7 Å². The van der Waals surface area contributed by atoms with Crippen LogP contribution in [0.3, 0.4) is 0 Å². The molecular weight excluding hydrogens is 310 g/mol. The third-order valence-electron chi connectivity index (χ3n) is 4.72. The monoisotopic (exact) mass is 345 g/mol. The lowest BCUT2D eigenvalue weighted by atomic mass is 9.90. The second-order valence-corrected chi connectivity index (χ2v) is 13.9. The van der Waals surface area contributed by atoms with Gasteiger partial charge in [-0.15, -0.1) is 0 Å². The molecule has 3 unspecified atom stereocenters. The molecule has 0 aliphatic heterocycles. The number of carbonyl (C=O) groups excluding carboxylic acids is 1. The van der Waals surface area contributed by atoms with Gasteiger partial charge in [-0.25, -0.2) is 4.79 Å². The SMILES string of the molecule is CC(C)(C)OC(=O)NC1CCC(O)CC1O[Si](C)(C)C(C)(C)C. The van der Waals surface area contributed by atoms with E-state index in [2.05, 4.69) is 39.2 Å². The number of ether oxygens (including phenoxy) is 1. The highest BCUT2D eigenvalue weighted by atomic mass is 28.4. The standard InChI is InChI=1S/C17H35NO4Si/c1-16(2,3)21-15(20)18-13-10-9-12(19)11-14(13)22-23(7,8)17(4,5)6/h12-14,19H,9-11H2,1-8H3,(H,18,20). The van der Waals surface area contributed by atoms with Crippen LogP contribution in [0, 0.1) is 0 Å². The van der Waals surface area contributed by atoms with Gasteiger partial charge in [0.05, 0.1) is 18.2 Å². The van der Waals surface area contributed by atoms with Gasteiger partial charge in [-0.3, -0.25) is 0 Å². The average Bonchev–Trinajstić information content (AvgIpc) is 2.28. The van der Waals surface area contributed by atoms with Gasteiger partial charge in [0.2, 0.25) is 0 Å². The van der Waals surface area contributed by atoms with Gasteiger partial charge < -0.3 is 19.6 Å². The maximum absolute atomic E-state index is 12.1. The summed E-state index contributed by atoms with van der Waals surface area (Å²) in [6.45, 7) is 16.5. The molecule has 6 heteroatoms. The lowest BCUT2D eigenvalue weighted by molar-refractivity contribution is 0.0112. The highest BCUT2D eigenvalue weighted by molar-refractivity contribution is 6.74. The zero-order chi connectivity index (χ0) is 18.1. The number of alkyl carbamates (subject to hydrolysis) is 1. The normalized spacial score (nSPS) is 26.7. The summed E-state index contributed by atoms with van der Waals surface area (Å²) in [6.07, 6.45) is 1.01. The molecule has 3 atom stereocenters. The molecule has 1 amide bonds. The van der Waals surface area contributed by atoms with Gasteiger partial charge in [0.15, 0.2) is 8.32 Å². The number of hydrogen-bond donors (Lipinski definition) is 2. The smallest absolute Gasteiger partial charge is 0.407 e. The molecule has 0 bridgehead atoms. The van der Waals surface area contributed by atoms with E-state index in [0.717, 1.165) is 0 Å². The fourth-order valence-corrected chi connectivity index (χ4v) is 3.79. The van der Waals surface area contributed by atoms with Crippen molar-refractivity contribution in [2.75, 3.05) is 0 Å². The molecule has 1 saturated carbocycles. The Labute approximate surface area is 142 Å². The maximum atomic E-state index is 12.1. The molecule has 5 nitrogen and oxygen atoms in total. The van der Waals surface area contributed by atoms with Gasteiger partial charge in [0.1, 0.15) is 5.60 Å². The Hall–Kier alpha value is -0.593. The summed E-state index contributed by atoms with van der Waals surface area (Å²) in [5.74, 6) is 0. The van der Waals surface area contributed by atoms with E-state index in [4.69, 9.17) is 9.16 Å². The molecule has 1 rings (SSSR count). The largest absolute Gasteiger partial charge is 0.444 e. The van der Waals surface area contributed by atoms with Crippen molar-refractivity contribution in [3.05, 3.63) is 0 Å². The number of carbonyl (C=O) groups is 1. The topological polar surface area (TPSA) is 67.8 Å². The first kappa shape index (κ1) is 20.5. The maximum Gasteiger partial charge on any atom is 0.407 e. The first-order chi connectivity index (χ1) is 10.2. The number of nitrogens with one attached hydrogen (secondary N) is 1. The molecule has 2 N–H and O–H groups in total. The highest BCUT2D eigenvalue weighted by Crippen LogP contribution is 2.39. The molecule has 0 aromatic heterocycles. The Bertz CT molecular complexity index is 412. The van der Waals surface area contributed by atoms with Crippen molar-refractivity contribution in [1.82, 2.24) is 5.32 Å². The lowest BCUT2D eigenvalue weighted by Gasteiger charge is -2.44. The number of hydrogen-bond acceptors (Lipinski definition) is 4. The minimum absolute atomic E-state index is 0.0892. The molecule has 0 radical (unpaired) electrons. The first-order valence-corrected chi connectivity index (χ1v) is 11.5. The number of aliphatic hydroxyl groups is 1.